The number of halogens is 2. The Balaban J connectivity index is 1.63. The SMILES string of the molecule is CC1(C2CCCC2)Cc2cc(OCC3=C(O)C(=O)NC3=O)c(Cl)c(Cl)c2C1=O. The Bertz CT molecular complexity index is 948. The van der Waals surface area contributed by atoms with Crippen molar-refractivity contribution in [2.45, 2.75) is 39.0 Å². The zero-order chi connectivity index (χ0) is 20.2. The van der Waals surface area contributed by atoms with Gasteiger partial charge in [0.25, 0.3) is 11.8 Å². The molecule has 1 unspecified atom stereocenters. The predicted octanol–water partition coefficient (Wildman–Crippen LogP) is 3.78. The molecule has 1 aromatic carbocycles. The van der Waals surface area contributed by atoms with E-state index in [9.17, 15) is 19.5 Å². The maximum atomic E-state index is 13.2. The highest BCUT2D eigenvalue weighted by molar-refractivity contribution is 6.45. The number of ketones is 1. The van der Waals surface area contributed by atoms with Crippen LogP contribution in [0.4, 0.5) is 0 Å². The van der Waals surface area contributed by atoms with Gasteiger partial charge in [-0.15, -0.1) is 0 Å². The first kappa shape index (κ1) is 19.3. The third-order valence-corrected chi connectivity index (χ3v) is 7.04. The van der Waals surface area contributed by atoms with Crippen molar-refractivity contribution in [3.63, 3.8) is 0 Å². The quantitative estimate of drug-likeness (QED) is 0.718. The highest BCUT2D eigenvalue weighted by Crippen LogP contribution is 2.52. The molecule has 3 aliphatic rings. The molecule has 0 spiro atoms. The molecule has 0 saturated heterocycles. The average molecular weight is 424 g/mol. The number of ether oxygens (including phenoxy) is 1. The Morgan fingerprint density at radius 3 is 2.46 bits per heavy atom. The second-order valence-corrected chi connectivity index (χ2v) is 8.60. The van der Waals surface area contributed by atoms with E-state index in [1.165, 1.54) is 0 Å². The van der Waals surface area contributed by atoms with Gasteiger partial charge in [0, 0.05) is 11.0 Å². The van der Waals surface area contributed by atoms with E-state index in [0.29, 0.717) is 17.9 Å². The van der Waals surface area contributed by atoms with Crippen LogP contribution < -0.4 is 10.1 Å². The second kappa shape index (κ2) is 6.78. The van der Waals surface area contributed by atoms with Crippen LogP contribution in [0.2, 0.25) is 10.0 Å². The van der Waals surface area contributed by atoms with Crippen molar-refractivity contribution in [1.82, 2.24) is 5.32 Å². The summed E-state index contributed by atoms with van der Waals surface area (Å²) < 4.78 is 5.59. The van der Waals surface area contributed by atoms with Crippen LogP contribution in [0, 0.1) is 11.3 Å². The van der Waals surface area contributed by atoms with Gasteiger partial charge < -0.3 is 9.84 Å². The van der Waals surface area contributed by atoms with Gasteiger partial charge in [0.1, 0.15) is 23.0 Å². The zero-order valence-electron chi connectivity index (χ0n) is 15.2. The smallest absolute Gasteiger partial charge is 0.293 e. The summed E-state index contributed by atoms with van der Waals surface area (Å²) in [5.41, 5.74) is 0.547. The number of carbonyl (C=O) groups excluding carboxylic acids is 3. The summed E-state index contributed by atoms with van der Waals surface area (Å²) in [6, 6.07) is 1.67. The van der Waals surface area contributed by atoms with Crippen LogP contribution in [-0.2, 0) is 16.0 Å². The van der Waals surface area contributed by atoms with Gasteiger partial charge in [-0.25, -0.2) is 0 Å². The number of Topliss-reactive ketones (excluding diaryl/α,β-unsaturated/α-hetero) is 1. The number of rotatable bonds is 4. The molecule has 1 aromatic rings. The van der Waals surface area contributed by atoms with E-state index in [-0.39, 0.29) is 33.8 Å². The third-order valence-electron chi connectivity index (χ3n) is 6.19. The molecule has 1 atom stereocenters. The highest BCUT2D eigenvalue weighted by Gasteiger charge is 2.49. The Hall–Kier alpha value is -2.05. The Morgan fingerprint density at radius 1 is 1.18 bits per heavy atom. The summed E-state index contributed by atoms with van der Waals surface area (Å²) in [5, 5.41) is 11.9. The fourth-order valence-corrected chi connectivity index (χ4v) is 5.07. The van der Waals surface area contributed by atoms with Crippen molar-refractivity contribution in [3.8, 4) is 5.75 Å². The van der Waals surface area contributed by atoms with E-state index in [0.717, 1.165) is 31.2 Å². The number of fused-ring (bicyclic) bond motifs is 1. The number of benzene rings is 1. The van der Waals surface area contributed by atoms with E-state index in [2.05, 4.69) is 0 Å². The summed E-state index contributed by atoms with van der Waals surface area (Å²) in [4.78, 5) is 36.2. The van der Waals surface area contributed by atoms with Crippen molar-refractivity contribution in [1.29, 1.82) is 0 Å². The molecule has 28 heavy (non-hydrogen) atoms. The van der Waals surface area contributed by atoms with Gasteiger partial charge in [-0.3, -0.25) is 19.7 Å². The lowest BCUT2D eigenvalue weighted by atomic mass is 9.73. The van der Waals surface area contributed by atoms with Gasteiger partial charge in [-0.2, -0.15) is 0 Å². The summed E-state index contributed by atoms with van der Waals surface area (Å²) >= 11 is 12.7. The average Bonchev–Trinajstić information content (AvgIpc) is 3.32. The first-order valence-corrected chi connectivity index (χ1v) is 9.96. The molecule has 1 saturated carbocycles. The van der Waals surface area contributed by atoms with Crippen molar-refractivity contribution >= 4 is 40.8 Å². The van der Waals surface area contributed by atoms with Gasteiger partial charge in [0.2, 0.25) is 0 Å². The number of amides is 2. The molecule has 8 heteroatoms. The van der Waals surface area contributed by atoms with Crippen LogP contribution in [0.15, 0.2) is 17.4 Å². The van der Waals surface area contributed by atoms with Crippen molar-refractivity contribution in [2.75, 3.05) is 6.61 Å². The molecule has 2 aliphatic carbocycles. The highest BCUT2D eigenvalue weighted by atomic mass is 35.5. The molecular formula is C20H19Cl2NO5. The number of aliphatic hydroxyl groups excluding tert-OH is 1. The first-order valence-electron chi connectivity index (χ1n) is 9.20. The Labute approximate surface area is 171 Å². The number of nitrogens with one attached hydrogen (secondary N) is 1. The van der Waals surface area contributed by atoms with E-state index in [4.69, 9.17) is 27.9 Å². The lowest BCUT2D eigenvalue weighted by molar-refractivity contribution is -0.125. The predicted molar refractivity (Wildman–Crippen MR) is 103 cm³/mol. The summed E-state index contributed by atoms with van der Waals surface area (Å²) in [6.07, 6.45) is 4.88. The lowest BCUT2D eigenvalue weighted by Gasteiger charge is -2.29. The number of hydrogen-bond donors (Lipinski definition) is 2. The zero-order valence-corrected chi connectivity index (χ0v) is 16.7. The van der Waals surface area contributed by atoms with Gasteiger partial charge in [0.05, 0.1) is 5.02 Å². The van der Waals surface area contributed by atoms with Crippen LogP contribution >= 0.6 is 23.2 Å². The molecule has 2 N–H and O–H groups in total. The fourth-order valence-electron chi connectivity index (χ4n) is 4.56. The molecule has 1 aliphatic heterocycles. The number of imide groups is 1. The number of hydrogen-bond acceptors (Lipinski definition) is 5. The minimum Gasteiger partial charge on any atom is -0.503 e. The number of aliphatic hydroxyl groups is 1. The largest absolute Gasteiger partial charge is 0.503 e. The van der Waals surface area contributed by atoms with Crippen LogP contribution in [0.25, 0.3) is 0 Å². The van der Waals surface area contributed by atoms with Crippen LogP contribution in [0.1, 0.15) is 48.5 Å². The Kier molecular flexibility index (Phi) is 4.67. The molecule has 6 nitrogen and oxygen atoms in total. The maximum absolute atomic E-state index is 13.2. The molecule has 1 heterocycles. The van der Waals surface area contributed by atoms with Gasteiger partial charge in [-0.05, 0) is 36.8 Å². The molecule has 0 aromatic heterocycles. The van der Waals surface area contributed by atoms with E-state index < -0.39 is 23.0 Å². The summed E-state index contributed by atoms with van der Waals surface area (Å²) in [7, 11) is 0. The standard InChI is InChI=1S/C20H19Cl2NO5/c1-20(10-4-2-3-5-10)7-9-6-12(14(21)15(22)13(9)17(20)25)28-8-11-16(24)19(27)23-18(11)26/h6,10H,2-5,7-8H2,1H3,(H2,23,24,26,27). The molecule has 148 valence electrons. The topological polar surface area (TPSA) is 92.7 Å². The summed E-state index contributed by atoms with van der Waals surface area (Å²) in [6.45, 7) is 1.65. The lowest BCUT2D eigenvalue weighted by Crippen LogP contribution is -2.32. The number of carbonyl (C=O) groups is 3. The first-order chi connectivity index (χ1) is 13.2. The molecule has 4 rings (SSSR count). The maximum Gasteiger partial charge on any atom is 0.293 e. The van der Waals surface area contributed by atoms with Crippen LogP contribution in [0.3, 0.4) is 0 Å². The molecule has 0 bridgehead atoms. The van der Waals surface area contributed by atoms with E-state index in [1.54, 1.807) is 6.07 Å². The second-order valence-electron chi connectivity index (χ2n) is 7.84. The normalized spacial score (nSPS) is 24.9. The van der Waals surface area contributed by atoms with Gasteiger partial charge in [0.15, 0.2) is 11.5 Å². The van der Waals surface area contributed by atoms with Crippen molar-refractivity contribution in [3.05, 3.63) is 38.6 Å². The molecule has 1 fully saturated rings. The van der Waals surface area contributed by atoms with Crippen molar-refractivity contribution < 1.29 is 24.2 Å². The van der Waals surface area contributed by atoms with Crippen LogP contribution in [-0.4, -0.2) is 29.3 Å². The van der Waals surface area contributed by atoms with Crippen molar-refractivity contribution in [2.24, 2.45) is 11.3 Å². The molecule has 2 amide bonds. The minimum atomic E-state index is -0.861. The molecule has 0 radical (unpaired) electrons. The van der Waals surface area contributed by atoms with Gasteiger partial charge in [-0.1, -0.05) is 43.0 Å². The van der Waals surface area contributed by atoms with Gasteiger partial charge >= 0.3 is 0 Å². The fraction of sp³-hybridized carbons (Fsp3) is 0.450. The van der Waals surface area contributed by atoms with E-state index >= 15 is 0 Å². The summed E-state index contributed by atoms with van der Waals surface area (Å²) in [5.74, 6) is -1.69. The minimum absolute atomic E-state index is 0.0222. The molecular weight excluding hydrogens is 405 g/mol. The monoisotopic (exact) mass is 423 g/mol. The Morgan fingerprint density at radius 2 is 1.86 bits per heavy atom. The van der Waals surface area contributed by atoms with Crippen LogP contribution in [0.5, 0.6) is 5.75 Å². The third kappa shape index (κ3) is 2.81. The van der Waals surface area contributed by atoms with E-state index in [1.807, 2.05) is 12.2 Å².